The number of benzene rings is 1. The van der Waals surface area contributed by atoms with E-state index in [-0.39, 0.29) is 28.6 Å². The van der Waals surface area contributed by atoms with Gasteiger partial charge < -0.3 is 29.3 Å². The summed E-state index contributed by atoms with van der Waals surface area (Å²) in [5.41, 5.74) is 0.755. The number of carbonyl (C=O) groups is 1. The van der Waals surface area contributed by atoms with Crippen LogP contribution in [-0.4, -0.2) is 34.8 Å². The van der Waals surface area contributed by atoms with Gasteiger partial charge in [-0.2, -0.15) is 4.68 Å². The second-order valence-corrected chi connectivity index (χ2v) is 7.18. The standard InChI is InChI=1S/C19H19BrN4O6/c1-11(14-8-12(28-2)4-6-16(14)29-3)21-19(25)17-7-5-13(30-17)9-23-10-15(20)18(22-23)24(26)27/h4-8,10-11H,9H2,1-3H3,(H,21,25). The molecule has 0 saturated heterocycles. The number of methoxy groups -OCH3 is 2. The van der Waals surface area contributed by atoms with E-state index in [2.05, 4.69) is 26.3 Å². The average Bonchev–Trinajstić information content (AvgIpc) is 3.34. The van der Waals surface area contributed by atoms with Crippen molar-refractivity contribution in [1.29, 1.82) is 0 Å². The molecule has 1 atom stereocenters. The van der Waals surface area contributed by atoms with Gasteiger partial charge in [0, 0.05) is 5.56 Å². The molecule has 1 aromatic carbocycles. The molecular formula is C19H19BrN4O6. The quantitative estimate of drug-likeness (QED) is 0.386. The first-order valence-corrected chi connectivity index (χ1v) is 9.60. The van der Waals surface area contributed by atoms with Crippen LogP contribution in [0.4, 0.5) is 5.82 Å². The highest BCUT2D eigenvalue weighted by atomic mass is 79.9. The molecule has 0 aliphatic rings. The van der Waals surface area contributed by atoms with Gasteiger partial charge in [0.05, 0.1) is 31.6 Å². The van der Waals surface area contributed by atoms with Gasteiger partial charge >= 0.3 is 5.82 Å². The Balaban J connectivity index is 1.71. The first-order valence-electron chi connectivity index (χ1n) is 8.81. The molecule has 2 heterocycles. The number of hydrogen-bond acceptors (Lipinski definition) is 7. The number of nitro groups is 1. The number of rotatable bonds is 8. The van der Waals surface area contributed by atoms with Crippen LogP contribution < -0.4 is 14.8 Å². The summed E-state index contributed by atoms with van der Waals surface area (Å²) < 4.78 is 17.8. The van der Waals surface area contributed by atoms with Crippen LogP contribution in [0.25, 0.3) is 0 Å². The molecular weight excluding hydrogens is 460 g/mol. The summed E-state index contributed by atoms with van der Waals surface area (Å²) in [6.45, 7) is 1.96. The van der Waals surface area contributed by atoms with Crippen molar-refractivity contribution in [1.82, 2.24) is 15.1 Å². The van der Waals surface area contributed by atoms with Gasteiger partial charge in [-0.25, -0.2) is 0 Å². The van der Waals surface area contributed by atoms with E-state index in [0.717, 1.165) is 5.56 Å². The lowest BCUT2D eigenvalue weighted by Gasteiger charge is -2.17. The van der Waals surface area contributed by atoms with Crippen LogP contribution in [0.3, 0.4) is 0 Å². The fourth-order valence-electron chi connectivity index (χ4n) is 2.86. The average molecular weight is 479 g/mol. The minimum atomic E-state index is -0.587. The van der Waals surface area contributed by atoms with Crippen molar-refractivity contribution in [3.63, 3.8) is 0 Å². The van der Waals surface area contributed by atoms with Gasteiger partial charge in [-0.05, 0) is 58.1 Å². The number of furan rings is 1. The van der Waals surface area contributed by atoms with E-state index in [1.54, 1.807) is 38.5 Å². The molecule has 0 spiro atoms. The van der Waals surface area contributed by atoms with E-state index in [1.807, 2.05) is 6.92 Å². The third-order valence-electron chi connectivity index (χ3n) is 4.33. The van der Waals surface area contributed by atoms with Crippen LogP contribution in [0.5, 0.6) is 11.5 Å². The van der Waals surface area contributed by atoms with Gasteiger partial charge in [-0.15, -0.1) is 0 Å². The van der Waals surface area contributed by atoms with E-state index in [9.17, 15) is 14.9 Å². The van der Waals surface area contributed by atoms with Crippen molar-refractivity contribution in [3.8, 4) is 11.5 Å². The lowest BCUT2D eigenvalue weighted by Crippen LogP contribution is -2.26. The van der Waals surface area contributed by atoms with Crippen molar-refractivity contribution in [2.75, 3.05) is 14.2 Å². The molecule has 3 rings (SSSR count). The van der Waals surface area contributed by atoms with Crippen molar-refractivity contribution in [2.45, 2.75) is 19.5 Å². The molecule has 0 aliphatic carbocycles. The Bertz CT molecular complexity index is 1080. The largest absolute Gasteiger partial charge is 0.497 e. The Morgan fingerprint density at radius 2 is 2.10 bits per heavy atom. The van der Waals surface area contributed by atoms with E-state index < -0.39 is 10.8 Å². The van der Waals surface area contributed by atoms with Crippen molar-refractivity contribution >= 4 is 27.7 Å². The van der Waals surface area contributed by atoms with Crippen molar-refractivity contribution < 1.29 is 23.6 Å². The van der Waals surface area contributed by atoms with E-state index in [0.29, 0.717) is 17.3 Å². The second kappa shape index (κ2) is 8.99. The maximum atomic E-state index is 12.6. The highest BCUT2D eigenvalue weighted by molar-refractivity contribution is 9.10. The maximum absolute atomic E-state index is 12.6. The van der Waals surface area contributed by atoms with Gasteiger partial charge in [-0.3, -0.25) is 4.79 Å². The van der Waals surface area contributed by atoms with Gasteiger partial charge in [-0.1, -0.05) is 0 Å². The van der Waals surface area contributed by atoms with Crippen LogP contribution in [0, 0.1) is 10.1 Å². The normalized spacial score (nSPS) is 11.7. The molecule has 2 aromatic heterocycles. The minimum Gasteiger partial charge on any atom is -0.497 e. The third kappa shape index (κ3) is 4.62. The summed E-state index contributed by atoms with van der Waals surface area (Å²) in [7, 11) is 3.11. The molecule has 11 heteroatoms. The minimum absolute atomic E-state index is 0.111. The summed E-state index contributed by atoms with van der Waals surface area (Å²) in [6, 6.07) is 8.11. The zero-order valence-electron chi connectivity index (χ0n) is 16.4. The zero-order chi connectivity index (χ0) is 21.8. The van der Waals surface area contributed by atoms with E-state index >= 15 is 0 Å². The molecule has 10 nitrogen and oxygen atoms in total. The lowest BCUT2D eigenvalue weighted by atomic mass is 10.1. The smallest absolute Gasteiger partial charge is 0.404 e. The van der Waals surface area contributed by atoms with E-state index in [1.165, 1.54) is 16.9 Å². The van der Waals surface area contributed by atoms with Crippen LogP contribution in [0.1, 0.15) is 34.8 Å². The van der Waals surface area contributed by atoms with Crippen molar-refractivity contribution in [2.24, 2.45) is 0 Å². The maximum Gasteiger partial charge on any atom is 0.404 e. The lowest BCUT2D eigenvalue weighted by molar-refractivity contribution is -0.390. The molecule has 1 unspecified atom stereocenters. The van der Waals surface area contributed by atoms with Gasteiger partial charge in [0.25, 0.3) is 5.91 Å². The number of aromatic nitrogens is 2. The third-order valence-corrected chi connectivity index (χ3v) is 4.89. The molecule has 0 fully saturated rings. The number of carbonyl (C=O) groups excluding carboxylic acids is 1. The van der Waals surface area contributed by atoms with E-state index in [4.69, 9.17) is 13.9 Å². The Hall–Kier alpha value is -3.34. The first-order chi connectivity index (χ1) is 14.3. The molecule has 30 heavy (non-hydrogen) atoms. The summed E-state index contributed by atoms with van der Waals surface area (Å²) in [5, 5.41) is 17.6. The Morgan fingerprint density at radius 1 is 1.33 bits per heavy atom. The van der Waals surface area contributed by atoms with Crippen LogP contribution in [0.15, 0.2) is 45.4 Å². The molecule has 3 aromatic rings. The second-order valence-electron chi connectivity index (χ2n) is 6.32. The van der Waals surface area contributed by atoms with Gasteiger partial charge in [0.2, 0.25) is 0 Å². The predicted molar refractivity (Wildman–Crippen MR) is 110 cm³/mol. The Morgan fingerprint density at radius 3 is 2.73 bits per heavy atom. The fourth-order valence-corrected chi connectivity index (χ4v) is 3.32. The first kappa shape index (κ1) is 21.4. The van der Waals surface area contributed by atoms with Crippen molar-refractivity contribution in [3.05, 3.63) is 68.2 Å². The summed E-state index contributed by atoms with van der Waals surface area (Å²) in [4.78, 5) is 22.9. The molecule has 1 N–H and O–H groups in total. The van der Waals surface area contributed by atoms with Crippen LogP contribution in [0.2, 0.25) is 0 Å². The number of amides is 1. The summed E-state index contributed by atoms with van der Waals surface area (Å²) >= 11 is 3.09. The van der Waals surface area contributed by atoms with Crippen LogP contribution >= 0.6 is 15.9 Å². The molecule has 158 valence electrons. The summed E-state index contributed by atoms with van der Waals surface area (Å²) in [6.07, 6.45) is 1.47. The Labute approximate surface area is 180 Å². The summed E-state index contributed by atoms with van der Waals surface area (Å²) in [5.74, 6) is 1.10. The monoisotopic (exact) mass is 478 g/mol. The zero-order valence-corrected chi connectivity index (χ0v) is 18.0. The highest BCUT2D eigenvalue weighted by Gasteiger charge is 2.21. The molecule has 1 amide bonds. The predicted octanol–water partition coefficient (Wildman–Crippen LogP) is 3.70. The molecule has 0 saturated carbocycles. The number of nitrogens with one attached hydrogen (secondary N) is 1. The molecule has 0 radical (unpaired) electrons. The highest BCUT2D eigenvalue weighted by Crippen LogP contribution is 2.29. The van der Waals surface area contributed by atoms with Gasteiger partial charge in [0.1, 0.15) is 28.3 Å². The van der Waals surface area contributed by atoms with Crippen LogP contribution in [-0.2, 0) is 6.54 Å². The topological polar surface area (TPSA) is 122 Å². The molecule has 0 aliphatic heterocycles. The number of nitrogens with zero attached hydrogens (tertiary/aromatic N) is 3. The number of ether oxygens (including phenoxy) is 2. The Kier molecular flexibility index (Phi) is 6.40. The SMILES string of the molecule is COc1ccc(OC)c(C(C)NC(=O)c2ccc(Cn3cc(Br)c([N+](=O)[O-])n3)o2)c1. The fraction of sp³-hybridized carbons (Fsp3) is 0.263. The number of halogens is 1. The van der Waals surface area contributed by atoms with Gasteiger partial charge in [0.15, 0.2) is 5.76 Å². The molecule has 0 bridgehead atoms. The number of hydrogen-bond donors (Lipinski definition) is 1.